The van der Waals surface area contributed by atoms with Crippen LogP contribution in [-0.2, 0) is 16.0 Å². The fourth-order valence-electron chi connectivity index (χ4n) is 3.31. The number of fused-ring (bicyclic) bond motifs is 1. The number of halogens is 3. The fourth-order valence-corrected chi connectivity index (χ4v) is 3.31. The number of aryl methyl sites for hydroxylation is 1. The number of amides is 2. The number of nitrogens with one attached hydrogen (secondary N) is 2. The number of hydrogen-bond acceptors (Lipinski definition) is 8. The second-order valence-electron chi connectivity index (χ2n) is 7.42. The molecule has 0 fully saturated rings. The zero-order chi connectivity index (χ0) is 24.8. The Balaban J connectivity index is 1.20. The SMILES string of the molecule is O=C(CCc1nc(-c2ccc(OC(F)(F)F)cc2)no1)NCCNC1=C2C=CC=CC2C(=O)N=N1. The van der Waals surface area contributed by atoms with E-state index < -0.39 is 12.3 Å². The lowest BCUT2D eigenvalue weighted by atomic mass is 9.93. The van der Waals surface area contributed by atoms with Gasteiger partial charge in [0.2, 0.25) is 17.6 Å². The van der Waals surface area contributed by atoms with E-state index in [-0.39, 0.29) is 42.1 Å². The number of nitrogens with zero attached hydrogens (tertiary/aromatic N) is 4. The molecule has 2 aliphatic rings. The molecule has 1 unspecified atom stereocenters. The summed E-state index contributed by atoms with van der Waals surface area (Å²) in [5.74, 6) is -0.484. The summed E-state index contributed by atoms with van der Waals surface area (Å²) >= 11 is 0. The van der Waals surface area contributed by atoms with E-state index in [9.17, 15) is 22.8 Å². The number of alkyl halides is 3. The van der Waals surface area contributed by atoms with Crippen LogP contribution in [0.15, 0.2) is 74.7 Å². The number of ether oxygens (including phenoxy) is 1. The first kappa shape index (κ1) is 23.9. The predicted molar refractivity (Wildman–Crippen MR) is 114 cm³/mol. The van der Waals surface area contributed by atoms with Crippen molar-refractivity contribution in [1.29, 1.82) is 0 Å². The quantitative estimate of drug-likeness (QED) is 0.518. The molecule has 0 saturated heterocycles. The van der Waals surface area contributed by atoms with Gasteiger partial charge in [0.25, 0.3) is 5.91 Å². The predicted octanol–water partition coefficient (Wildman–Crippen LogP) is 3.22. The number of benzene rings is 1. The van der Waals surface area contributed by atoms with Crippen LogP contribution in [0.5, 0.6) is 5.75 Å². The van der Waals surface area contributed by atoms with Crippen LogP contribution in [0.1, 0.15) is 12.3 Å². The van der Waals surface area contributed by atoms with Gasteiger partial charge < -0.3 is 19.9 Å². The Kier molecular flexibility index (Phi) is 7.03. The Morgan fingerprint density at radius 1 is 1.11 bits per heavy atom. The van der Waals surface area contributed by atoms with Gasteiger partial charge in [-0.15, -0.1) is 23.4 Å². The van der Waals surface area contributed by atoms with Crippen molar-refractivity contribution in [2.75, 3.05) is 13.1 Å². The number of azo groups is 1. The molecular formula is C22H19F3N6O4. The van der Waals surface area contributed by atoms with Crippen molar-refractivity contribution in [3.05, 3.63) is 65.9 Å². The highest BCUT2D eigenvalue weighted by Gasteiger charge is 2.31. The molecule has 1 aliphatic heterocycles. The highest BCUT2D eigenvalue weighted by Crippen LogP contribution is 2.27. The molecule has 1 aliphatic carbocycles. The summed E-state index contributed by atoms with van der Waals surface area (Å²) in [5.41, 5.74) is 1.17. The highest BCUT2D eigenvalue weighted by molar-refractivity contribution is 5.86. The third kappa shape index (κ3) is 6.40. The van der Waals surface area contributed by atoms with Gasteiger partial charge in [0.05, 0.1) is 5.92 Å². The van der Waals surface area contributed by atoms with Crippen LogP contribution in [0.25, 0.3) is 11.4 Å². The van der Waals surface area contributed by atoms with Crippen LogP contribution >= 0.6 is 0 Å². The first-order valence-electron chi connectivity index (χ1n) is 10.5. The van der Waals surface area contributed by atoms with E-state index in [4.69, 9.17) is 4.52 Å². The maximum absolute atomic E-state index is 12.3. The Morgan fingerprint density at radius 2 is 1.91 bits per heavy atom. The third-order valence-electron chi connectivity index (χ3n) is 4.93. The minimum Gasteiger partial charge on any atom is -0.406 e. The van der Waals surface area contributed by atoms with E-state index in [1.165, 1.54) is 12.1 Å². The molecule has 0 radical (unpaired) electrons. The number of rotatable bonds is 9. The summed E-state index contributed by atoms with van der Waals surface area (Å²) in [4.78, 5) is 28.1. The Bertz CT molecular complexity index is 1210. The van der Waals surface area contributed by atoms with Crippen LogP contribution in [-0.4, -0.2) is 41.4 Å². The molecule has 0 saturated carbocycles. The highest BCUT2D eigenvalue weighted by atomic mass is 19.4. The van der Waals surface area contributed by atoms with Crippen molar-refractivity contribution >= 4 is 11.8 Å². The number of allylic oxidation sites excluding steroid dienone is 3. The molecule has 2 heterocycles. The minimum atomic E-state index is -4.77. The summed E-state index contributed by atoms with van der Waals surface area (Å²) in [6.45, 7) is 0.686. The second kappa shape index (κ2) is 10.3. The first-order valence-corrected chi connectivity index (χ1v) is 10.5. The lowest BCUT2D eigenvalue weighted by molar-refractivity contribution is -0.274. The van der Waals surface area contributed by atoms with Gasteiger partial charge in [0.1, 0.15) is 5.75 Å². The molecule has 182 valence electrons. The Morgan fingerprint density at radius 3 is 2.69 bits per heavy atom. The van der Waals surface area contributed by atoms with Gasteiger partial charge in [0, 0.05) is 37.1 Å². The zero-order valence-electron chi connectivity index (χ0n) is 18.1. The van der Waals surface area contributed by atoms with E-state index in [2.05, 4.69) is 35.7 Å². The zero-order valence-corrected chi connectivity index (χ0v) is 18.1. The van der Waals surface area contributed by atoms with Crippen LogP contribution in [0, 0.1) is 5.92 Å². The topological polar surface area (TPSA) is 131 Å². The third-order valence-corrected chi connectivity index (χ3v) is 4.93. The lowest BCUT2D eigenvalue weighted by Gasteiger charge is -2.20. The van der Waals surface area contributed by atoms with Gasteiger partial charge in [-0.25, -0.2) is 0 Å². The normalized spacial score (nSPS) is 16.9. The number of carbonyl (C=O) groups is 2. The van der Waals surface area contributed by atoms with Crippen LogP contribution in [0.3, 0.4) is 0 Å². The van der Waals surface area contributed by atoms with E-state index in [0.717, 1.165) is 17.7 Å². The van der Waals surface area contributed by atoms with E-state index in [1.807, 2.05) is 6.08 Å². The minimum absolute atomic E-state index is 0.0950. The van der Waals surface area contributed by atoms with Crippen molar-refractivity contribution in [1.82, 2.24) is 20.8 Å². The fraction of sp³-hybridized carbons (Fsp3) is 0.273. The number of carbonyl (C=O) groups excluding carboxylic acids is 2. The van der Waals surface area contributed by atoms with Gasteiger partial charge in [-0.05, 0) is 24.3 Å². The summed E-state index contributed by atoms with van der Waals surface area (Å²) in [6.07, 6.45) is 2.64. The molecular weight excluding hydrogens is 469 g/mol. The van der Waals surface area contributed by atoms with Crippen molar-refractivity contribution in [2.24, 2.45) is 16.1 Å². The van der Waals surface area contributed by atoms with Gasteiger partial charge >= 0.3 is 6.36 Å². The van der Waals surface area contributed by atoms with E-state index in [0.29, 0.717) is 24.5 Å². The monoisotopic (exact) mass is 488 g/mol. The molecule has 2 N–H and O–H groups in total. The van der Waals surface area contributed by atoms with Gasteiger partial charge in [0.15, 0.2) is 5.82 Å². The molecule has 0 bridgehead atoms. The van der Waals surface area contributed by atoms with Crippen LogP contribution in [0.2, 0.25) is 0 Å². The molecule has 35 heavy (non-hydrogen) atoms. The summed E-state index contributed by atoms with van der Waals surface area (Å²) in [6, 6.07) is 5.03. The average Bonchev–Trinajstić information content (AvgIpc) is 3.30. The van der Waals surface area contributed by atoms with Crippen LogP contribution in [0.4, 0.5) is 13.2 Å². The molecule has 1 aromatic heterocycles. The van der Waals surface area contributed by atoms with E-state index in [1.54, 1.807) is 18.2 Å². The van der Waals surface area contributed by atoms with E-state index >= 15 is 0 Å². The molecule has 1 aromatic carbocycles. The van der Waals surface area contributed by atoms with Gasteiger partial charge in [-0.3, -0.25) is 9.59 Å². The molecule has 13 heteroatoms. The standard InChI is InChI=1S/C22H19F3N6O4/c23-22(24,25)34-14-7-5-13(6-8-14)19-28-18(35-31-19)10-9-17(32)26-11-12-27-20-15-3-1-2-4-16(15)21(33)30-29-20/h1-8,16,27H,9-12H2,(H,26,32). The van der Waals surface area contributed by atoms with Crippen molar-refractivity contribution in [3.8, 4) is 17.1 Å². The maximum Gasteiger partial charge on any atom is 0.573 e. The second-order valence-corrected chi connectivity index (χ2v) is 7.42. The summed E-state index contributed by atoms with van der Waals surface area (Å²) in [5, 5.41) is 17.1. The molecule has 2 aromatic rings. The Labute approximate surface area is 196 Å². The van der Waals surface area contributed by atoms with Crippen LogP contribution < -0.4 is 15.4 Å². The van der Waals surface area contributed by atoms with Crippen molar-refractivity contribution < 1.29 is 32.0 Å². The molecule has 0 spiro atoms. The maximum atomic E-state index is 12.3. The lowest BCUT2D eigenvalue weighted by Crippen LogP contribution is -2.33. The molecule has 4 rings (SSSR count). The number of hydrogen-bond donors (Lipinski definition) is 2. The largest absolute Gasteiger partial charge is 0.573 e. The molecule has 10 nitrogen and oxygen atoms in total. The van der Waals surface area contributed by atoms with Gasteiger partial charge in [-0.2, -0.15) is 4.98 Å². The molecule has 1 atom stereocenters. The number of aromatic nitrogens is 2. The summed E-state index contributed by atoms with van der Waals surface area (Å²) in [7, 11) is 0. The van der Waals surface area contributed by atoms with Crippen molar-refractivity contribution in [3.63, 3.8) is 0 Å². The van der Waals surface area contributed by atoms with Gasteiger partial charge in [-0.1, -0.05) is 29.5 Å². The Hall–Kier alpha value is -4.29. The van der Waals surface area contributed by atoms with Crippen molar-refractivity contribution in [2.45, 2.75) is 19.2 Å². The average molecular weight is 488 g/mol. The summed E-state index contributed by atoms with van der Waals surface area (Å²) < 4.78 is 45.7. The first-order chi connectivity index (χ1) is 16.8. The molecule has 2 amide bonds. The smallest absolute Gasteiger partial charge is 0.406 e.